The van der Waals surface area contributed by atoms with E-state index in [9.17, 15) is 4.79 Å². The van der Waals surface area contributed by atoms with Crippen molar-refractivity contribution in [3.8, 4) is 11.5 Å². The Morgan fingerprint density at radius 1 is 1.19 bits per heavy atom. The molecule has 1 saturated heterocycles. The van der Waals surface area contributed by atoms with E-state index >= 15 is 0 Å². The van der Waals surface area contributed by atoms with Crippen LogP contribution in [0, 0.1) is 0 Å². The number of hydrogen-bond donors (Lipinski definition) is 2. The first-order valence-electron chi connectivity index (χ1n) is 8.43. The number of nitrogens with one attached hydrogen (secondary N) is 2. The zero-order valence-corrected chi connectivity index (χ0v) is 16.0. The maximum absolute atomic E-state index is 11.5. The number of hydrogen-bond acceptors (Lipinski definition) is 4. The van der Waals surface area contributed by atoms with Crippen LogP contribution in [-0.4, -0.2) is 37.5 Å². The Morgan fingerprint density at radius 2 is 2.04 bits per heavy atom. The second-order valence-corrected chi connectivity index (χ2v) is 7.03. The smallest absolute Gasteiger partial charge is 0.234 e. The molecule has 0 radical (unpaired) electrons. The highest BCUT2D eigenvalue weighted by Gasteiger charge is 2.17. The van der Waals surface area contributed by atoms with Gasteiger partial charge in [-0.1, -0.05) is 29.3 Å². The van der Waals surface area contributed by atoms with Gasteiger partial charge < -0.3 is 15.4 Å². The van der Waals surface area contributed by atoms with E-state index < -0.39 is 0 Å². The third-order valence-corrected chi connectivity index (χ3v) is 4.87. The molecular weight excluding hydrogens is 373 g/mol. The third-order valence-electron chi connectivity index (χ3n) is 4.13. The van der Waals surface area contributed by atoms with Gasteiger partial charge in [-0.2, -0.15) is 0 Å². The van der Waals surface area contributed by atoms with Gasteiger partial charge in [-0.3, -0.25) is 9.69 Å². The monoisotopic (exact) mass is 393 g/mol. The molecule has 2 aromatic carbocycles. The van der Waals surface area contributed by atoms with Gasteiger partial charge in [0.05, 0.1) is 16.6 Å². The molecular formula is C19H21Cl2N3O2. The van der Waals surface area contributed by atoms with Crippen LogP contribution in [0.15, 0.2) is 36.4 Å². The first kappa shape index (κ1) is 19.0. The average molecular weight is 394 g/mol. The van der Waals surface area contributed by atoms with E-state index in [0.29, 0.717) is 35.4 Å². The third kappa shape index (κ3) is 4.89. The summed E-state index contributed by atoms with van der Waals surface area (Å²) in [5, 5.41) is 6.96. The number of rotatable bonds is 6. The van der Waals surface area contributed by atoms with Gasteiger partial charge in [0.25, 0.3) is 0 Å². The van der Waals surface area contributed by atoms with Crippen molar-refractivity contribution < 1.29 is 9.53 Å². The van der Waals surface area contributed by atoms with Gasteiger partial charge in [-0.15, -0.1) is 0 Å². The molecule has 0 spiro atoms. The van der Waals surface area contributed by atoms with Crippen LogP contribution < -0.4 is 15.4 Å². The minimum atomic E-state index is 0.0752. The predicted molar refractivity (Wildman–Crippen MR) is 104 cm³/mol. The summed E-state index contributed by atoms with van der Waals surface area (Å²) in [7, 11) is 1.89. The first-order valence-corrected chi connectivity index (χ1v) is 9.19. The predicted octanol–water partition coefficient (Wildman–Crippen LogP) is 3.44. The molecule has 0 saturated carbocycles. The topological polar surface area (TPSA) is 53.6 Å². The molecule has 0 unspecified atom stereocenters. The van der Waals surface area contributed by atoms with Crippen molar-refractivity contribution in [3.05, 3.63) is 57.6 Å². The summed E-state index contributed by atoms with van der Waals surface area (Å²) in [6, 6.07) is 11.3. The summed E-state index contributed by atoms with van der Waals surface area (Å²) in [4.78, 5) is 13.7. The standard InChI is InChI=1S/C19H21Cl2N3O2/c1-22-10-14-8-13(11-24-7-6-23-19(25)12-24)2-5-18(14)26-15-3-4-16(20)17(21)9-15/h2-5,8-9,22H,6-7,10-12H2,1H3,(H,23,25). The van der Waals surface area contributed by atoms with Crippen LogP contribution in [0.3, 0.4) is 0 Å². The maximum Gasteiger partial charge on any atom is 0.234 e. The van der Waals surface area contributed by atoms with Crippen LogP contribution in [0.5, 0.6) is 11.5 Å². The molecule has 1 heterocycles. The van der Waals surface area contributed by atoms with Gasteiger partial charge >= 0.3 is 0 Å². The van der Waals surface area contributed by atoms with Crippen LogP contribution in [0.2, 0.25) is 10.0 Å². The lowest BCUT2D eigenvalue weighted by molar-refractivity contribution is -0.124. The molecule has 0 bridgehead atoms. The van der Waals surface area contributed by atoms with Gasteiger partial charge in [0.2, 0.25) is 5.91 Å². The van der Waals surface area contributed by atoms with Crippen molar-refractivity contribution in [1.82, 2.24) is 15.5 Å². The summed E-state index contributed by atoms with van der Waals surface area (Å²) in [6.45, 7) is 3.39. The second-order valence-electron chi connectivity index (χ2n) is 6.21. The molecule has 3 rings (SSSR count). The number of halogens is 2. The number of nitrogens with zero attached hydrogens (tertiary/aromatic N) is 1. The molecule has 1 amide bonds. The van der Waals surface area contributed by atoms with Crippen LogP contribution in [0.1, 0.15) is 11.1 Å². The molecule has 138 valence electrons. The van der Waals surface area contributed by atoms with Gasteiger partial charge in [-0.25, -0.2) is 0 Å². The van der Waals surface area contributed by atoms with Crippen LogP contribution >= 0.6 is 23.2 Å². The summed E-state index contributed by atoms with van der Waals surface area (Å²) >= 11 is 12.0. The highest BCUT2D eigenvalue weighted by atomic mass is 35.5. The molecule has 1 aliphatic heterocycles. The second kappa shape index (κ2) is 8.73. The Labute approximate surface area is 163 Å². The molecule has 0 aliphatic carbocycles. The van der Waals surface area contributed by atoms with E-state index in [-0.39, 0.29) is 5.91 Å². The van der Waals surface area contributed by atoms with Crippen molar-refractivity contribution in [3.63, 3.8) is 0 Å². The van der Waals surface area contributed by atoms with Gasteiger partial charge in [0.1, 0.15) is 11.5 Å². The maximum atomic E-state index is 11.5. The van der Waals surface area contributed by atoms with Crippen molar-refractivity contribution in [2.45, 2.75) is 13.1 Å². The number of benzene rings is 2. The summed E-state index contributed by atoms with van der Waals surface area (Å²) in [5.74, 6) is 1.47. The summed E-state index contributed by atoms with van der Waals surface area (Å²) in [5.41, 5.74) is 2.18. The Kier molecular flexibility index (Phi) is 6.38. The number of carbonyl (C=O) groups is 1. The number of piperazine rings is 1. The summed E-state index contributed by atoms with van der Waals surface area (Å²) < 4.78 is 6.00. The fraction of sp³-hybridized carbons (Fsp3) is 0.316. The average Bonchev–Trinajstić information content (AvgIpc) is 2.61. The molecule has 1 aliphatic rings. The van der Waals surface area contributed by atoms with Crippen LogP contribution in [0.25, 0.3) is 0 Å². The minimum Gasteiger partial charge on any atom is -0.457 e. The lowest BCUT2D eigenvalue weighted by Gasteiger charge is -2.26. The largest absolute Gasteiger partial charge is 0.457 e. The first-order chi connectivity index (χ1) is 12.5. The zero-order chi connectivity index (χ0) is 18.5. The van der Waals surface area contributed by atoms with Gasteiger partial charge in [0, 0.05) is 37.8 Å². The SMILES string of the molecule is CNCc1cc(CN2CCNC(=O)C2)ccc1Oc1ccc(Cl)c(Cl)c1. The summed E-state index contributed by atoms with van der Waals surface area (Å²) in [6.07, 6.45) is 0. The van der Waals surface area contributed by atoms with E-state index in [1.54, 1.807) is 18.2 Å². The highest BCUT2D eigenvalue weighted by molar-refractivity contribution is 6.42. The molecule has 26 heavy (non-hydrogen) atoms. The molecule has 7 heteroatoms. The Morgan fingerprint density at radius 3 is 2.77 bits per heavy atom. The van der Waals surface area contributed by atoms with E-state index in [2.05, 4.69) is 21.6 Å². The lowest BCUT2D eigenvalue weighted by atomic mass is 10.1. The van der Waals surface area contributed by atoms with Crippen molar-refractivity contribution in [2.75, 3.05) is 26.7 Å². The molecule has 2 N–H and O–H groups in total. The Bertz CT molecular complexity index is 798. The number of amides is 1. The fourth-order valence-electron chi connectivity index (χ4n) is 2.91. The van der Waals surface area contributed by atoms with E-state index in [4.69, 9.17) is 27.9 Å². The van der Waals surface area contributed by atoms with Gasteiger partial charge in [0.15, 0.2) is 0 Å². The lowest BCUT2D eigenvalue weighted by Crippen LogP contribution is -2.47. The van der Waals surface area contributed by atoms with Crippen molar-refractivity contribution >= 4 is 29.1 Å². The number of carbonyl (C=O) groups excluding carboxylic acids is 1. The molecule has 2 aromatic rings. The fourth-order valence-corrected chi connectivity index (χ4v) is 3.20. The van der Waals surface area contributed by atoms with Gasteiger partial charge in [-0.05, 0) is 36.9 Å². The molecule has 5 nitrogen and oxygen atoms in total. The molecule has 0 atom stereocenters. The van der Waals surface area contributed by atoms with E-state index in [0.717, 1.165) is 30.0 Å². The van der Waals surface area contributed by atoms with E-state index in [1.807, 2.05) is 19.2 Å². The Balaban J connectivity index is 1.77. The quantitative estimate of drug-likeness (QED) is 0.788. The minimum absolute atomic E-state index is 0.0752. The zero-order valence-electron chi connectivity index (χ0n) is 14.5. The van der Waals surface area contributed by atoms with Crippen molar-refractivity contribution in [2.24, 2.45) is 0 Å². The van der Waals surface area contributed by atoms with Crippen LogP contribution in [-0.2, 0) is 17.9 Å². The molecule has 0 aromatic heterocycles. The highest BCUT2D eigenvalue weighted by Crippen LogP contribution is 2.31. The van der Waals surface area contributed by atoms with Crippen LogP contribution in [0.4, 0.5) is 0 Å². The molecule has 1 fully saturated rings. The Hall–Kier alpha value is -1.79. The number of ether oxygens (including phenoxy) is 1. The van der Waals surface area contributed by atoms with Crippen molar-refractivity contribution in [1.29, 1.82) is 0 Å². The normalized spacial score (nSPS) is 15.0. The van der Waals surface area contributed by atoms with E-state index in [1.165, 1.54) is 0 Å².